The Hall–Kier alpha value is -11.1. The maximum atomic E-state index is 14.4. The predicted octanol–water partition coefficient (Wildman–Crippen LogP) is 13.9. The van der Waals surface area contributed by atoms with Crippen molar-refractivity contribution < 1.29 is 79.8 Å². The van der Waals surface area contributed by atoms with Crippen molar-refractivity contribution in [2.24, 2.45) is 0 Å². The number of imide groups is 1. The maximum absolute atomic E-state index is 14.4. The Morgan fingerprint density at radius 2 is 0.843 bits per heavy atom. The van der Waals surface area contributed by atoms with Crippen LogP contribution in [0, 0.1) is 65.2 Å². The highest BCUT2D eigenvalue weighted by Crippen LogP contribution is 2.33. The molecule has 0 aliphatic heterocycles. The van der Waals surface area contributed by atoms with Crippen molar-refractivity contribution in [3.63, 3.8) is 0 Å². The molecule has 89 heavy (non-hydrogen) atoms. The maximum Gasteiger partial charge on any atom is 0.491 e. The molecular formula is C57H48BCl2F6N9O14. The van der Waals surface area contributed by atoms with Crippen molar-refractivity contribution in [1.82, 2.24) is 15.0 Å². The minimum absolute atomic E-state index is 0. The summed E-state index contributed by atoms with van der Waals surface area (Å²) in [6, 6.07) is 39.0. The largest absolute Gasteiger partial charge is 0.491 e. The fourth-order valence-corrected chi connectivity index (χ4v) is 6.71. The van der Waals surface area contributed by atoms with Gasteiger partial charge in [0, 0.05) is 64.6 Å². The number of nitrogen functional groups attached to an aromatic ring is 2. The number of pyridine rings is 3. The summed E-state index contributed by atoms with van der Waals surface area (Å²) in [5.41, 5.74) is 7.78. The van der Waals surface area contributed by atoms with Crippen molar-refractivity contribution in [2.45, 2.75) is 22.3 Å². The number of nitro groups is 3. The van der Waals surface area contributed by atoms with Gasteiger partial charge < -0.3 is 35.7 Å². The molecule has 0 aliphatic carbocycles. The average Bonchev–Trinajstić information content (AvgIpc) is 2.01. The van der Waals surface area contributed by atoms with Crippen LogP contribution in [-0.2, 0) is 0 Å². The number of hydrogen-bond acceptors (Lipinski definition) is 19. The van der Waals surface area contributed by atoms with Gasteiger partial charge in [0.25, 0.3) is 0 Å². The monoisotopic (exact) mass is 1280 g/mol. The quantitative estimate of drug-likeness (QED) is 0.0247. The second kappa shape index (κ2) is 35.4. The predicted molar refractivity (Wildman–Crippen MR) is 319 cm³/mol. The van der Waals surface area contributed by atoms with E-state index in [2.05, 4.69) is 19.7 Å². The summed E-state index contributed by atoms with van der Waals surface area (Å²) >= 11 is 10.4. The number of anilines is 3. The second-order valence-corrected chi connectivity index (χ2v) is 16.8. The second-order valence-electron chi connectivity index (χ2n) is 16.1. The molecule has 6 aromatic carbocycles. The number of ether oxygens (including phenoxy) is 3. The average molecular weight is 1280 g/mol. The summed E-state index contributed by atoms with van der Waals surface area (Å²) in [6.07, 6.45) is -2.73. The summed E-state index contributed by atoms with van der Waals surface area (Å²) in [5.74, 6) is -5.83. The van der Waals surface area contributed by atoms with Gasteiger partial charge in [-0.2, -0.15) is 4.90 Å². The van der Waals surface area contributed by atoms with E-state index in [9.17, 15) is 71.1 Å². The standard InChI is InChI=1S/C25H15F2N3O6.C11H7F2N3O2.C7H5ClO2.C6H5BF2O2.C5H4ClN3O2.3CH4/c26-16-11-12-19(20(27)15-16)21-13-14-22(30(33)34)23(28-21)29(24(31)35-17-7-3-1-4-8-17)25(32)36-18-9-5-2-6-10-18;12-6-1-2-7(8(13)5-6)9-3-4-10(16(17)18)11(14)15-9;8-7(9)10-6-4-2-1-3-5-6;8-4-1-2-5(7(10)11)6(9)3-4;6-4-2-1-3(9(10)11)5(7)8-4;;;/h1-15H;1-5H,(H2,14,15);1-5H;1-3,10-11H;1-2H,(H2,7,8);3*1H4. The number of carbonyl (C=O) groups is 3. The number of nitrogens with zero attached hydrogens (tertiary/aromatic N) is 7. The molecule has 0 bridgehead atoms. The molecule has 3 aromatic heterocycles. The molecule has 0 atom stereocenters. The van der Waals surface area contributed by atoms with Gasteiger partial charge in [0.2, 0.25) is 17.5 Å². The first kappa shape index (κ1) is 74.0. The minimum Gasteiger partial charge on any atom is -0.423 e. The molecule has 3 heterocycles. The number of carbonyl (C=O) groups excluding carboxylic acids is 3. The van der Waals surface area contributed by atoms with E-state index in [4.69, 9.17) is 54.2 Å². The Morgan fingerprint density at radius 3 is 1.20 bits per heavy atom. The van der Waals surface area contributed by atoms with E-state index >= 15 is 0 Å². The Morgan fingerprint density at radius 1 is 0.483 bits per heavy atom. The van der Waals surface area contributed by atoms with E-state index in [1.54, 1.807) is 60.7 Å². The first-order valence-electron chi connectivity index (χ1n) is 23.4. The summed E-state index contributed by atoms with van der Waals surface area (Å²) in [6.45, 7) is 0. The first-order chi connectivity index (χ1) is 40.8. The van der Waals surface area contributed by atoms with Gasteiger partial charge in [-0.15, -0.1) is 0 Å². The molecule has 9 rings (SSSR count). The molecular weight excluding hydrogens is 1230 g/mol. The van der Waals surface area contributed by atoms with E-state index in [0.29, 0.717) is 23.9 Å². The molecule has 6 N–H and O–H groups in total. The van der Waals surface area contributed by atoms with E-state index in [-0.39, 0.29) is 94.8 Å². The summed E-state index contributed by atoms with van der Waals surface area (Å²) in [5, 5.41) is 49.6. The van der Waals surface area contributed by atoms with Crippen LogP contribution in [0.3, 0.4) is 0 Å². The first-order valence-corrected chi connectivity index (χ1v) is 24.2. The highest BCUT2D eigenvalue weighted by atomic mass is 35.5. The molecule has 2 amide bonds. The topological polar surface area (TPSA) is 343 Å². The van der Waals surface area contributed by atoms with Gasteiger partial charge in [0.15, 0.2) is 0 Å². The highest BCUT2D eigenvalue weighted by molar-refractivity contribution is 6.61. The van der Waals surface area contributed by atoms with E-state index in [1.165, 1.54) is 48.5 Å². The fourth-order valence-electron chi connectivity index (χ4n) is 6.47. The number of rotatable bonds is 10. The third kappa shape index (κ3) is 22.4. The molecule has 9 aromatic rings. The van der Waals surface area contributed by atoms with Gasteiger partial charge in [0.1, 0.15) is 57.3 Å². The number of benzene rings is 6. The SMILES string of the molecule is C.C.C.Nc1nc(-c2ccc(F)cc2F)ccc1[N+](=O)[O-].Nc1nc(Cl)ccc1[N+](=O)[O-].O=C(Cl)Oc1ccccc1.O=C(Oc1ccccc1)N(C(=O)Oc1ccccc1)c1nc(-c2ccc(F)cc2F)ccc1[N+](=O)[O-].OB(O)c1ccc(F)cc1F. The molecule has 0 radical (unpaired) electrons. The normalized spacial score (nSPS) is 9.69. The Labute approximate surface area is 511 Å². The molecule has 0 spiro atoms. The van der Waals surface area contributed by atoms with Crippen LogP contribution in [0.15, 0.2) is 182 Å². The Balaban J connectivity index is 0.000000424. The van der Waals surface area contributed by atoms with E-state index in [0.717, 1.165) is 48.5 Å². The highest BCUT2D eigenvalue weighted by Gasteiger charge is 2.36. The number of aromatic nitrogens is 3. The molecule has 0 saturated heterocycles. The third-order valence-corrected chi connectivity index (χ3v) is 10.6. The number of amides is 2. The molecule has 0 fully saturated rings. The number of hydrogen-bond donors (Lipinski definition) is 4. The third-order valence-electron chi connectivity index (χ3n) is 10.3. The number of halogens is 8. The fraction of sp³-hybridized carbons (Fsp3) is 0.0526. The van der Waals surface area contributed by atoms with Crippen molar-refractivity contribution in [1.29, 1.82) is 0 Å². The lowest BCUT2D eigenvalue weighted by Crippen LogP contribution is -2.42. The van der Waals surface area contributed by atoms with Crippen molar-refractivity contribution >= 4 is 87.9 Å². The lowest BCUT2D eigenvalue weighted by Gasteiger charge is -2.19. The van der Waals surface area contributed by atoms with E-state index < -0.39 is 85.9 Å². The van der Waals surface area contributed by atoms with Crippen LogP contribution < -0.4 is 36.0 Å². The molecule has 0 unspecified atom stereocenters. The van der Waals surface area contributed by atoms with Gasteiger partial charge in [-0.25, -0.2) is 55.7 Å². The van der Waals surface area contributed by atoms with Crippen molar-refractivity contribution in [3.8, 4) is 39.8 Å². The van der Waals surface area contributed by atoms with Crippen molar-refractivity contribution in [2.75, 3.05) is 16.4 Å². The Bertz CT molecular complexity index is 3850. The summed E-state index contributed by atoms with van der Waals surface area (Å²) in [4.78, 5) is 78.1. The number of nitrogens with two attached hydrogens (primary N) is 2. The lowest BCUT2D eigenvalue weighted by molar-refractivity contribution is -0.384. The summed E-state index contributed by atoms with van der Waals surface area (Å²) < 4.78 is 93.7. The molecule has 32 heteroatoms. The van der Waals surface area contributed by atoms with Crippen LogP contribution in [0.25, 0.3) is 22.5 Å². The van der Waals surface area contributed by atoms with Crippen LogP contribution in [0.2, 0.25) is 5.15 Å². The van der Waals surface area contributed by atoms with Crippen LogP contribution in [0.1, 0.15) is 22.3 Å². The van der Waals surface area contributed by atoms with Gasteiger partial charge in [-0.05, 0) is 84.9 Å². The minimum atomic E-state index is -1.89. The zero-order chi connectivity index (χ0) is 63.2. The van der Waals surface area contributed by atoms with Gasteiger partial charge in [-0.3, -0.25) is 30.3 Å². The zero-order valence-corrected chi connectivity index (χ0v) is 44.5. The molecule has 23 nitrogen and oxygen atoms in total. The van der Waals surface area contributed by atoms with Gasteiger partial charge >= 0.3 is 41.8 Å². The van der Waals surface area contributed by atoms with Crippen LogP contribution in [-0.4, -0.2) is 64.5 Å². The molecule has 0 saturated carbocycles. The zero-order valence-electron chi connectivity index (χ0n) is 43.0. The Kier molecular flexibility index (Phi) is 29.4. The van der Waals surface area contributed by atoms with Crippen LogP contribution in [0.5, 0.6) is 17.2 Å². The van der Waals surface area contributed by atoms with Gasteiger partial charge in [0.05, 0.1) is 26.2 Å². The summed E-state index contributed by atoms with van der Waals surface area (Å²) in [7, 11) is -1.89. The smallest absolute Gasteiger partial charge is 0.423 e. The van der Waals surface area contributed by atoms with Crippen molar-refractivity contribution in [3.05, 3.63) is 252 Å². The number of para-hydroxylation sites is 3. The van der Waals surface area contributed by atoms with Crippen LogP contribution in [0.4, 0.5) is 75.2 Å². The molecule has 0 aliphatic rings. The van der Waals surface area contributed by atoms with Gasteiger partial charge in [-0.1, -0.05) is 94.5 Å². The molecule has 464 valence electrons. The lowest BCUT2D eigenvalue weighted by atomic mass is 9.80. The van der Waals surface area contributed by atoms with E-state index in [1.807, 2.05) is 6.07 Å². The van der Waals surface area contributed by atoms with Crippen LogP contribution >= 0.6 is 23.2 Å².